The van der Waals surface area contributed by atoms with Gasteiger partial charge in [0.1, 0.15) is 30.5 Å². The number of anilines is 1. The molecule has 2 N–H and O–H groups in total. The fourth-order valence-corrected chi connectivity index (χ4v) is 5.72. The molecule has 2 bridgehead atoms. The minimum absolute atomic E-state index is 0.0502. The van der Waals surface area contributed by atoms with Crippen LogP contribution in [0.5, 0.6) is 11.5 Å². The van der Waals surface area contributed by atoms with Gasteiger partial charge in [-0.05, 0) is 57.7 Å². The van der Waals surface area contributed by atoms with Crippen LogP contribution in [-0.2, 0) is 9.53 Å². The van der Waals surface area contributed by atoms with E-state index in [0.717, 1.165) is 12.8 Å². The number of hydrogen-bond acceptors (Lipinski definition) is 7. The fraction of sp³-hybridized carbons (Fsp3) is 0.536. The van der Waals surface area contributed by atoms with Crippen molar-refractivity contribution in [1.82, 2.24) is 15.6 Å². The molecule has 42 heavy (non-hydrogen) atoms. The highest BCUT2D eigenvalue weighted by atomic mass is 35.5. The van der Waals surface area contributed by atoms with E-state index in [1.54, 1.807) is 33.1 Å². The number of piperidine rings is 1. The first kappa shape index (κ1) is 32.0. The van der Waals surface area contributed by atoms with E-state index in [4.69, 9.17) is 37.4 Å². The number of halogens is 5. The van der Waals surface area contributed by atoms with E-state index in [9.17, 15) is 22.8 Å². The molecule has 2 fully saturated rings. The van der Waals surface area contributed by atoms with Gasteiger partial charge in [-0.2, -0.15) is 13.2 Å². The number of amides is 2. The molecule has 2 atom stereocenters. The molecule has 14 heteroatoms. The Morgan fingerprint density at radius 1 is 1.05 bits per heavy atom. The van der Waals surface area contributed by atoms with Gasteiger partial charge in [-0.3, -0.25) is 9.59 Å². The number of nitrogens with one attached hydrogen (secondary N) is 2. The van der Waals surface area contributed by atoms with E-state index in [1.165, 1.54) is 18.3 Å². The van der Waals surface area contributed by atoms with Crippen molar-refractivity contribution in [2.75, 3.05) is 31.8 Å². The van der Waals surface area contributed by atoms with Crippen molar-refractivity contribution in [3.8, 4) is 11.5 Å². The molecule has 9 nitrogen and oxygen atoms in total. The number of carbonyl (C=O) groups excluding carboxylic acids is 2. The van der Waals surface area contributed by atoms with E-state index in [0.29, 0.717) is 36.0 Å². The molecule has 2 unspecified atom stereocenters. The van der Waals surface area contributed by atoms with Gasteiger partial charge in [0, 0.05) is 37.5 Å². The Hall–Kier alpha value is -2.96. The van der Waals surface area contributed by atoms with Gasteiger partial charge < -0.3 is 29.7 Å². The number of hydrogen-bond donors (Lipinski definition) is 2. The minimum Gasteiger partial charge on any atom is -0.489 e. The third kappa shape index (κ3) is 7.90. The van der Waals surface area contributed by atoms with Crippen LogP contribution in [0.15, 0.2) is 30.5 Å². The van der Waals surface area contributed by atoms with Gasteiger partial charge in [-0.15, -0.1) is 0 Å². The first-order chi connectivity index (χ1) is 19.8. The van der Waals surface area contributed by atoms with Gasteiger partial charge in [-0.1, -0.05) is 23.2 Å². The van der Waals surface area contributed by atoms with Gasteiger partial charge in [0.25, 0.3) is 11.8 Å². The van der Waals surface area contributed by atoms with Gasteiger partial charge in [0.15, 0.2) is 5.60 Å². The molecular weight excluding hydrogens is 600 g/mol. The summed E-state index contributed by atoms with van der Waals surface area (Å²) in [5.74, 6) is 0.113. The van der Waals surface area contributed by atoms with Crippen molar-refractivity contribution in [2.24, 2.45) is 0 Å². The summed E-state index contributed by atoms with van der Waals surface area (Å²) in [4.78, 5) is 31.9. The molecule has 1 aromatic carbocycles. The SMILES string of the molecule is COCCOc1cc(OC(C)(C)C(=O)NC2CC3CCC(C2)N3c2ccc(C(=O)NCC(F)(F)F)cn2)c(Cl)cc1Cl. The lowest BCUT2D eigenvalue weighted by atomic mass is 9.96. The van der Waals surface area contributed by atoms with Crippen molar-refractivity contribution in [3.63, 3.8) is 0 Å². The normalized spacial score (nSPS) is 20.3. The molecule has 0 spiro atoms. The van der Waals surface area contributed by atoms with Crippen molar-refractivity contribution >= 4 is 40.8 Å². The molecule has 230 valence electrons. The van der Waals surface area contributed by atoms with Crippen LogP contribution in [0.4, 0.5) is 19.0 Å². The topological polar surface area (TPSA) is 102 Å². The van der Waals surface area contributed by atoms with Crippen molar-refractivity contribution in [2.45, 2.75) is 69.4 Å². The molecule has 2 aromatic rings. The average molecular weight is 633 g/mol. The van der Waals surface area contributed by atoms with E-state index >= 15 is 0 Å². The molecule has 3 heterocycles. The van der Waals surface area contributed by atoms with Crippen molar-refractivity contribution in [3.05, 3.63) is 46.1 Å². The summed E-state index contributed by atoms with van der Waals surface area (Å²) in [6, 6.07) is 6.27. The molecule has 1 aromatic heterocycles. The molecule has 0 saturated carbocycles. The van der Waals surface area contributed by atoms with E-state index < -0.39 is 24.2 Å². The third-order valence-electron chi connectivity index (χ3n) is 7.24. The van der Waals surface area contributed by atoms with Gasteiger partial charge in [0.2, 0.25) is 0 Å². The summed E-state index contributed by atoms with van der Waals surface area (Å²) in [6.07, 6.45) is -0.0593. The highest BCUT2D eigenvalue weighted by molar-refractivity contribution is 6.36. The number of fused-ring (bicyclic) bond motifs is 2. The Morgan fingerprint density at radius 2 is 1.71 bits per heavy atom. The highest BCUT2D eigenvalue weighted by Crippen LogP contribution is 2.40. The molecule has 2 aliphatic heterocycles. The smallest absolute Gasteiger partial charge is 0.405 e. The summed E-state index contributed by atoms with van der Waals surface area (Å²) < 4.78 is 53.9. The predicted octanol–water partition coefficient (Wildman–Crippen LogP) is 5.18. The minimum atomic E-state index is -4.49. The number of ether oxygens (including phenoxy) is 3. The van der Waals surface area contributed by atoms with Crippen LogP contribution in [-0.4, -0.2) is 73.6 Å². The summed E-state index contributed by atoms with van der Waals surface area (Å²) in [5, 5.41) is 5.51. The molecule has 2 amide bonds. The lowest BCUT2D eigenvalue weighted by Crippen LogP contribution is -2.55. The van der Waals surface area contributed by atoms with Crippen molar-refractivity contribution in [1.29, 1.82) is 0 Å². The molecule has 0 aliphatic carbocycles. The Kier molecular flexibility index (Phi) is 9.99. The molecule has 0 radical (unpaired) electrons. The molecular formula is C28H33Cl2F3N4O5. The summed E-state index contributed by atoms with van der Waals surface area (Å²) in [6.45, 7) is 2.54. The van der Waals surface area contributed by atoms with Crippen LogP contribution >= 0.6 is 23.2 Å². The molecule has 2 aliphatic rings. The maximum absolute atomic E-state index is 13.3. The van der Waals surface area contributed by atoms with E-state index in [1.807, 2.05) is 5.32 Å². The number of benzene rings is 1. The number of nitrogens with zero attached hydrogens (tertiary/aromatic N) is 2. The number of rotatable bonds is 11. The van der Waals surface area contributed by atoms with Crippen LogP contribution in [0.2, 0.25) is 10.0 Å². The van der Waals surface area contributed by atoms with Crippen molar-refractivity contribution < 1.29 is 37.0 Å². The monoisotopic (exact) mass is 632 g/mol. The van der Waals surface area contributed by atoms with Gasteiger partial charge in [-0.25, -0.2) is 4.98 Å². The van der Waals surface area contributed by atoms with Gasteiger partial charge in [0.05, 0.1) is 22.2 Å². The molecule has 2 saturated heterocycles. The maximum Gasteiger partial charge on any atom is 0.405 e. The zero-order chi connectivity index (χ0) is 30.7. The quantitative estimate of drug-likeness (QED) is 0.329. The summed E-state index contributed by atoms with van der Waals surface area (Å²) in [7, 11) is 1.56. The van der Waals surface area contributed by atoms with Crippen LogP contribution in [0.1, 0.15) is 49.9 Å². The number of pyridine rings is 1. The fourth-order valence-electron chi connectivity index (χ4n) is 5.24. The summed E-state index contributed by atoms with van der Waals surface area (Å²) >= 11 is 12.6. The van der Waals surface area contributed by atoms with Crippen LogP contribution in [0, 0.1) is 0 Å². The number of carbonyl (C=O) groups is 2. The second-order valence-corrected chi connectivity index (χ2v) is 11.6. The lowest BCUT2D eigenvalue weighted by molar-refractivity contribution is -0.135. The van der Waals surface area contributed by atoms with Gasteiger partial charge >= 0.3 is 6.18 Å². The summed E-state index contributed by atoms with van der Waals surface area (Å²) in [5.41, 5.74) is -1.21. The molecule has 4 rings (SSSR count). The Balaban J connectivity index is 1.35. The van der Waals surface area contributed by atoms with Crippen LogP contribution in [0.3, 0.4) is 0 Å². The zero-order valence-electron chi connectivity index (χ0n) is 23.4. The number of aromatic nitrogens is 1. The lowest BCUT2D eigenvalue weighted by Gasteiger charge is -2.40. The number of alkyl halides is 3. The van der Waals surface area contributed by atoms with Crippen LogP contribution < -0.4 is 25.0 Å². The second-order valence-electron chi connectivity index (χ2n) is 10.8. The Morgan fingerprint density at radius 3 is 2.31 bits per heavy atom. The maximum atomic E-state index is 13.3. The zero-order valence-corrected chi connectivity index (χ0v) is 24.9. The standard InChI is InChI=1S/C28H33Cl2F3N4O5/c1-27(2,42-23-13-22(41-9-8-40-3)20(29)12-21(23)30)26(39)36-17-10-18-5-6-19(11-17)37(18)24-7-4-16(14-34-24)25(38)35-15-28(31,32)33/h4,7,12-14,17-19H,5-6,8-11,15H2,1-3H3,(H,35,38)(H,36,39). The third-order valence-corrected chi connectivity index (χ3v) is 7.83. The van der Waals surface area contributed by atoms with Crippen LogP contribution in [0.25, 0.3) is 0 Å². The average Bonchev–Trinajstić information content (AvgIpc) is 3.19. The second kappa shape index (κ2) is 13.1. The first-order valence-electron chi connectivity index (χ1n) is 13.5. The highest BCUT2D eigenvalue weighted by Gasteiger charge is 2.43. The number of methoxy groups -OCH3 is 1. The Bertz CT molecular complexity index is 1270. The van der Waals surface area contributed by atoms with E-state index in [-0.39, 0.29) is 47.0 Å². The predicted molar refractivity (Wildman–Crippen MR) is 152 cm³/mol. The first-order valence-corrected chi connectivity index (χ1v) is 14.2. The Labute approximate surface area is 252 Å². The van der Waals surface area contributed by atoms with E-state index in [2.05, 4.69) is 15.2 Å². The largest absolute Gasteiger partial charge is 0.489 e.